The minimum Gasteiger partial charge on any atom is -0.334 e. The first kappa shape index (κ1) is 22.0. The summed E-state index contributed by atoms with van der Waals surface area (Å²) in [5.41, 5.74) is 0.350. The monoisotopic (exact) mass is 438 g/mol. The van der Waals surface area contributed by atoms with Gasteiger partial charge in [0.2, 0.25) is 0 Å². The topological polar surface area (TPSA) is 32.8 Å². The molecule has 1 aromatic rings. The lowest BCUT2D eigenvalue weighted by Gasteiger charge is -2.35. The highest BCUT2D eigenvalue weighted by atomic mass is 19.4. The maximum Gasteiger partial charge on any atom is 0.525 e. The first-order chi connectivity index (χ1) is 14.8. The lowest BCUT2D eigenvalue weighted by Crippen LogP contribution is -2.48. The van der Waals surface area contributed by atoms with Crippen LogP contribution in [0, 0.1) is 0 Å². The number of likely N-dealkylation sites (tertiary alicyclic amines) is 2. The first-order valence-corrected chi connectivity index (χ1v) is 10.7. The SMILES string of the molecule is O=C(C1=CC=C(c2ccccc2)CC1(F)OC(F)(F)F)N1CCCC1CN1CCCC1. The van der Waals surface area contributed by atoms with Crippen LogP contribution >= 0.6 is 0 Å². The molecule has 31 heavy (non-hydrogen) atoms. The van der Waals surface area contributed by atoms with Crippen molar-refractivity contribution in [1.82, 2.24) is 9.80 Å². The van der Waals surface area contributed by atoms with Crippen molar-refractivity contribution >= 4 is 11.5 Å². The van der Waals surface area contributed by atoms with E-state index in [0.717, 1.165) is 44.8 Å². The van der Waals surface area contributed by atoms with Gasteiger partial charge < -0.3 is 9.80 Å². The van der Waals surface area contributed by atoms with Crippen molar-refractivity contribution in [3.63, 3.8) is 0 Å². The molecule has 2 aliphatic heterocycles. The Morgan fingerprint density at radius 1 is 1.06 bits per heavy atom. The fourth-order valence-corrected chi connectivity index (χ4v) is 4.77. The summed E-state index contributed by atoms with van der Waals surface area (Å²) < 4.78 is 59.1. The molecule has 4 rings (SSSR count). The molecule has 2 heterocycles. The Balaban J connectivity index is 1.61. The predicted octanol–water partition coefficient (Wildman–Crippen LogP) is 4.69. The Morgan fingerprint density at radius 2 is 1.77 bits per heavy atom. The highest BCUT2D eigenvalue weighted by molar-refractivity contribution is 5.97. The molecule has 0 saturated carbocycles. The minimum absolute atomic E-state index is 0.124. The molecule has 1 aliphatic carbocycles. The summed E-state index contributed by atoms with van der Waals surface area (Å²) in [4.78, 5) is 17.0. The second-order valence-corrected chi connectivity index (χ2v) is 8.39. The van der Waals surface area contributed by atoms with Crippen molar-refractivity contribution < 1.29 is 27.1 Å². The third-order valence-electron chi connectivity index (χ3n) is 6.23. The average Bonchev–Trinajstić information content (AvgIpc) is 3.39. The first-order valence-electron chi connectivity index (χ1n) is 10.7. The summed E-state index contributed by atoms with van der Waals surface area (Å²) in [6, 6.07) is 8.46. The molecule has 3 aliphatic rings. The van der Waals surface area contributed by atoms with Crippen molar-refractivity contribution in [3.05, 3.63) is 53.6 Å². The van der Waals surface area contributed by atoms with Crippen LogP contribution in [0.2, 0.25) is 0 Å². The van der Waals surface area contributed by atoms with E-state index in [1.807, 2.05) is 0 Å². The van der Waals surface area contributed by atoms with E-state index in [4.69, 9.17) is 0 Å². The van der Waals surface area contributed by atoms with Gasteiger partial charge in [0.1, 0.15) is 0 Å². The van der Waals surface area contributed by atoms with Crippen molar-refractivity contribution in [3.8, 4) is 0 Å². The molecule has 1 amide bonds. The third kappa shape index (κ3) is 5.01. The largest absolute Gasteiger partial charge is 0.525 e. The van der Waals surface area contributed by atoms with Gasteiger partial charge >= 0.3 is 6.36 Å². The molecule has 4 nitrogen and oxygen atoms in total. The number of amides is 1. The standard InChI is InChI=1S/C23H26F4N2O2/c24-22(31-23(25,26)27)15-18(17-7-2-1-3-8-17)10-11-20(22)21(30)29-14-6-9-19(29)16-28-12-4-5-13-28/h1-3,7-8,10-11,19H,4-6,9,12-16H2. The smallest absolute Gasteiger partial charge is 0.334 e. The van der Waals surface area contributed by atoms with Crippen LogP contribution in [0.1, 0.15) is 37.7 Å². The van der Waals surface area contributed by atoms with Gasteiger partial charge in [-0.3, -0.25) is 4.79 Å². The van der Waals surface area contributed by atoms with Crippen molar-refractivity contribution in [2.24, 2.45) is 0 Å². The summed E-state index contributed by atoms with van der Waals surface area (Å²) in [5.74, 6) is -3.98. The van der Waals surface area contributed by atoms with E-state index in [0.29, 0.717) is 24.2 Å². The van der Waals surface area contributed by atoms with E-state index in [1.165, 1.54) is 11.0 Å². The number of hydrogen-bond donors (Lipinski definition) is 0. The number of nitrogens with zero attached hydrogens (tertiary/aromatic N) is 2. The molecule has 2 unspecified atom stereocenters. The number of allylic oxidation sites excluding steroid dienone is 2. The van der Waals surface area contributed by atoms with Gasteiger partial charge in [0.25, 0.3) is 11.8 Å². The molecule has 0 bridgehead atoms. The predicted molar refractivity (Wildman–Crippen MR) is 109 cm³/mol. The van der Waals surface area contributed by atoms with Crippen LogP contribution in [0.15, 0.2) is 48.1 Å². The van der Waals surface area contributed by atoms with E-state index in [9.17, 15) is 18.0 Å². The Kier molecular flexibility index (Phi) is 6.21. The molecule has 8 heteroatoms. The second-order valence-electron chi connectivity index (χ2n) is 8.39. The van der Waals surface area contributed by atoms with E-state index < -0.39 is 30.1 Å². The van der Waals surface area contributed by atoms with Gasteiger partial charge in [0.05, 0.1) is 5.57 Å². The summed E-state index contributed by atoms with van der Waals surface area (Å²) in [6.45, 7) is 2.98. The van der Waals surface area contributed by atoms with Crippen LogP contribution < -0.4 is 0 Å². The Bertz CT molecular complexity index is 862. The number of carbonyl (C=O) groups excluding carboxylic acids is 1. The van der Waals surface area contributed by atoms with E-state index in [2.05, 4.69) is 9.64 Å². The highest BCUT2D eigenvalue weighted by Gasteiger charge is 2.52. The highest BCUT2D eigenvalue weighted by Crippen LogP contribution is 2.43. The molecule has 2 atom stereocenters. The second kappa shape index (κ2) is 8.74. The van der Waals surface area contributed by atoms with Crippen LogP contribution in [0.4, 0.5) is 17.6 Å². The number of hydrogen-bond acceptors (Lipinski definition) is 3. The molecule has 2 saturated heterocycles. The molecule has 0 radical (unpaired) electrons. The average molecular weight is 438 g/mol. The Morgan fingerprint density at radius 3 is 2.45 bits per heavy atom. The van der Waals surface area contributed by atoms with Gasteiger partial charge in [-0.1, -0.05) is 36.4 Å². The molecular formula is C23H26F4N2O2. The van der Waals surface area contributed by atoms with Gasteiger partial charge in [0.15, 0.2) is 0 Å². The molecular weight excluding hydrogens is 412 g/mol. The lowest BCUT2D eigenvalue weighted by molar-refractivity contribution is -0.381. The van der Waals surface area contributed by atoms with Gasteiger partial charge in [-0.05, 0) is 56.0 Å². The third-order valence-corrected chi connectivity index (χ3v) is 6.23. The molecule has 1 aromatic carbocycles. The summed E-state index contributed by atoms with van der Waals surface area (Å²) >= 11 is 0. The van der Waals surface area contributed by atoms with Crippen LogP contribution in [0.25, 0.3) is 5.57 Å². The van der Waals surface area contributed by atoms with E-state index in [1.54, 1.807) is 30.3 Å². The molecule has 2 fully saturated rings. The van der Waals surface area contributed by atoms with Crippen molar-refractivity contribution in [2.75, 3.05) is 26.2 Å². The number of benzene rings is 1. The zero-order valence-electron chi connectivity index (χ0n) is 17.2. The maximum absolute atomic E-state index is 15.8. The van der Waals surface area contributed by atoms with Gasteiger partial charge in [0, 0.05) is 25.6 Å². The zero-order valence-corrected chi connectivity index (χ0v) is 17.2. The van der Waals surface area contributed by atoms with E-state index >= 15 is 4.39 Å². The maximum atomic E-state index is 15.8. The van der Waals surface area contributed by atoms with Crippen LogP contribution in [-0.2, 0) is 9.53 Å². The molecule has 0 spiro atoms. The lowest BCUT2D eigenvalue weighted by atomic mass is 9.88. The van der Waals surface area contributed by atoms with Crippen LogP contribution in [0.3, 0.4) is 0 Å². The molecule has 0 N–H and O–H groups in total. The number of alkyl halides is 4. The van der Waals surface area contributed by atoms with E-state index in [-0.39, 0.29) is 6.04 Å². The normalized spacial score (nSPS) is 27.4. The fraction of sp³-hybridized carbons (Fsp3) is 0.522. The van der Waals surface area contributed by atoms with Crippen molar-refractivity contribution in [1.29, 1.82) is 0 Å². The zero-order chi connectivity index (χ0) is 22.1. The van der Waals surface area contributed by atoms with Crippen LogP contribution in [-0.4, -0.2) is 60.1 Å². The van der Waals surface area contributed by atoms with Crippen molar-refractivity contribution in [2.45, 2.75) is 50.4 Å². The molecule has 168 valence electrons. The van der Waals surface area contributed by atoms with Crippen LogP contribution in [0.5, 0.6) is 0 Å². The van der Waals surface area contributed by atoms with Gasteiger partial charge in [-0.2, -0.15) is 0 Å². The number of carbonyl (C=O) groups is 1. The summed E-state index contributed by atoms with van der Waals surface area (Å²) in [6.07, 6.45) is 0.503. The number of ether oxygens (including phenoxy) is 1. The number of rotatable bonds is 5. The minimum atomic E-state index is -5.22. The number of halogens is 4. The fourth-order valence-electron chi connectivity index (χ4n) is 4.77. The van der Waals surface area contributed by atoms with Gasteiger partial charge in [-0.15, -0.1) is 13.2 Å². The van der Waals surface area contributed by atoms with Gasteiger partial charge in [-0.25, -0.2) is 9.13 Å². The summed E-state index contributed by atoms with van der Waals surface area (Å²) in [7, 11) is 0. The Labute approximate surface area is 179 Å². The quantitative estimate of drug-likeness (QED) is 0.626. The Hall–Kier alpha value is -2.19. The summed E-state index contributed by atoms with van der Waals surface area (Å²) in [5, 5.41) is 0. The molecule has 0 aromatic heterocycles.